The summed E-state index contributed by atoms with van der Waals surface area (Å²) in [4.78, 5) is 35.7. The van der Waals surface area contributed by atoms with Crippen molar-refractivity contribution in [3.05, 3.63) is 45.5 Å². The molecule has 2 aliphatic rings. The summed E-state index contributed by atoms with van der Waals surface area (Å²) >= 11 is 1.65. The molecule has 3 aromatic rings. The lowest BCUT2D eigenvalue weighted by Crippen LogP contribution is -2.40. The Kier molecular flexibility index (Phi) is 4.20. The van der Waals surface area contributed by atoms with E-state index in [0.29, 0.717) is 25.2 Å². The number of rotatable bonds is 3. The largest absolute Gasteiger partial charge is 0.332 e. The second-order valence-electron chi connectivity index (χ2n) is 7.89. The van der Waals surface area contributed by atoms with E-state index in [1.54, 1.807) is 16.0 Å². The maximum atomic E-state index is 13.3. The lowest BCUT2D eigenvalue weighted by molar-refractivity contribution is -0.129. The van der Waals surface area contributed by atoms with Gasteiger partial charge in [0.25, 0.3) is 5.91 Å². The van der Waals surface area contributed by atoms with Crippen molar-refractivity contribution in [2.24, 2.45) is 7.05 Å². The minimum Gasteiger partial charge on any atom is -0.332 e. The Hall–Kier alpha value is -2.74. The number of thiazole rings is 1. The molecule has 2 amide bonds. The van der Waals surface area contributed by atoms with Crippen LogP contribution in [0.4, 0.5) is 0 Å². The molecule has 29 heavy (non-hydrogen) atoms. The van der Waals surface area contributed by atoms with Crippen LogP contribution in [0.15, 0.2) is 24.3 Å². The zero-order chi connectivity index (χ0) is 20.3. The molecule has 0 N–H and O–H groups in total. The van der Waals surface area contributed by atoms with Crippen LogP contribution in [0.1, 0.15) is 38.9 Å². The minimum atomic E-state index is -0.0853. The zero-order valence-corrected chi connectivity index (χ0v) is 17.6. The van der Waals surface area contributed by atoms with Crippen LogP contribution in [-0.4, -0.2) is 55.0 Å². The van der Waals surface area contributed by atoms with E-state index in [0.717, 1.165) is 28.0 Å². The number of carbonyl (C=O) groups excluding carboxylic acids is 2. The number of carbonyl (C=O) groups is 2. The van der Waals surface area contributed by atoms with Crippen LogP contribution in [0, 0.1) is 13.8 Å². The molecule has 7 nitrogen and oxygen atoms in total. The van der Waals surface area contributed by atoms with Gasteiger partial charge in [-0.05, 0) is 26.3 Å². The highest BCUT2D eigenvalue weighted by Gasteiger charge is 2.49. The second-order valence-corrected chi connectivity index (χ2v) is 9.17. The van der Waals surface area contributed by atoms with E-state index in [1.807, 2.05) is 48.0 Å². The van der Waals surface area contributed by atoms with E-state index in [-0.39, 0.29) is 23.9 Å². The maximum Gasteiger partial charge on any atom is 0.275 e. The molecule has 1 aromatic carbocycles. The molecule has 150 valence electrons. The van der Waals surface area contributed by atoms with Gasteiger partial charge in [0.05, 0.1) is 29.8 Å². The van der Waals surface area contributed by atoms with E-state index in [4.69, 9.17) is 0 Å². The van der Waals surface area contributed by atoms with Crippen molar-refractivity contribution in [1.82, 2.24) is 24.6 Å². The summed E-state index contributed by atoms with van der Waals surface area (Å²) in [6.45, 7) is 5.24. The topological polar surface area (TPSA) is 71.3 Å². The first-order valence-corrected chi connectivity index (χ1v) is 10.7. The van der Waals surface area contributed by atoms with Crippen LogP contribution in [-0.2, 0) is 18.4 Å². The van der Waals surface area contributed by atoms with E-state index in [2.05, 4.69) is 17.0 Å². The lowest BCUT2D eigenvalue weighted by Gasteiger charge is -2.24. The van der Waals surface area contributed by atoms with Gasteiger partial charge in [-0.25, -0.2) is 4.98 Å². The average Bonchev–Trinajstić information content (AvgIpc) is 3.42. The molecular weight excluding hydrogens is 386 g/mol. The quantitative estimate of drug-likeness (QED) is 0.667. The fourth-order valence-electron chi connectivity index (χ4n) is 4.65. The van der Waals surface area contributed by atoms with Gasteiger partial charge < -0.3 is 9.80 Å². The fourth-order valence-corrected chi connectivity index (χ4v) is 5.58. The first-order valence-electron chi connectivity index (χ1n) is 9.89. The number of para-hydroxylation sites is 1. The number of hydrogen-bond acceptors (Lipinski definition) is 5. The molecule has 0 saturated carbocycles. The van der Waals surface area contributed by atoms with Crippen molar-refractivity contribution in [3.63, 3.8) is 0 Å². The standard InChI is InChI=1S/C21H23N5O2S/c1-12-13(2)29-18(22-12)11-26-16-8-9-25(17(16)10-19(26)27)21(28)20-14-6-4-5-7-15(14)24(3)23-20/h4-7,16-17H,8-11H2,1-3H3/t16-,17-/m0/s1. The molecule has 4 heterocycles. The number of aryl methyl sites for hydroxylation is 3. The fraction of sp³-hybridized carbons (Fsp3) is 0.429. The smallest absolute Gasteiger partial charge is 0.275 e. The summed E-state index contributed by atoms with van der Waals surface area (Å²) in [7, 11) is 1.85. The predicted octanol–water partition coefficient (Wildman–Crippen LogP) is 2.66. The third-order valence-corrected chi connectivity index (χ3v) is 7.27. The molecule has 2 aromatic heterocycles. The van der Waals surface area contributed by atoms with E-state index in [9.17, 15) is 9.59 Å². The van der Waals surface area contributed by atoms with Gasteiger partial charge >= 0.3 is 0 Å². The molecule has 2 saturated heterocycles. The summed E-state index contributed by atoms with van der Waals surface area (Å²) < 4.78 is 1.75. The third kappa shape index (κ3) is 2.85. The van der Waals surface area contributed by atoms with Crippen LogP contribution in [0.2, 0.25) is 0 Å². The van der Waals surface area contributed by atoms with Crippen LogP contribution in [0.5, 0.6) is 0 Å². The van der Waals surface area contributed by atoms with Crippen LogP contribution in [0.25, 0.3) is 10.9 Å². The predicted molar refractivity (Wildman–Crippen MR) is 111 cm³/mol. The van der Waals surface area contributed by atoms with Gasteiger partial charge in [0.15, 0.2) is 5.69 Å². The Morgan fingerprint density at radius 3 is 2.79 bits per heavy atom. The molecule has 8 heteroatoms. The SMILES string of the molecule is Cc1nc(CN2C(=O)C[C@H]3[C@@H]2CCN3C(=O)c2nn(C)c3ccccc23)sc1C. The Morgan fingerprint density at radius 2 is 2.03 bits per heavy atom. The van der Waals surface area contributed by atoms with Gasteiger partial charge in [0.1, 0.15) is 5.01 Å². The van der Waals surface area contributed by atoms with Crippen molar-refractivity contribution in [2.45, 2.75) is 45.3 Å². The maximum absolute atomic E-state index is 13.3. The van der Waals surface area contributed by atoms with Crippen molar-refractivity contribution >= 4 is 34.1 Å². The Balaban J connectivity index is 1.40. The monoisotopic (exact) mass is 409 g/mol. The Labute approximate surface area is 172 Å². The molecule has 0 radical (unpaired) electrons. The second kappa shape index (κ2) is 6.66. The van der Waals surface area contributed by atoms with Crippen molar-refractivity contribution < 1.29 is 9.59 Å². The van der Waals surface area contributed by atoms with E-state index >= 15 is 0 Å². The number of amides is 2. The van der Waals surface area contributed by atoms with Gasteiger partial charge in [0, 0.05) is 30.3 Å². The summed E-state index contributed by atoms with van der Waals surface area (Å²) in [6.07, 6.45) is 1.18. The van der Waals surface area contributed by atoms with Crippen LogP contribution in [0.3, 0.4) is 0 Å². The highest BCUT2D eigenvalue weighted by Crippen LogP contribution is 2.35. The minimum absolute atomic E-state index is 0.0611. The van der Waals surface area contributed by atoms with Crippen molar-refractivity contribution in [2.75, 3.05) is 6.54 Å². The first-order chi connectivity index (χ1) is 13.9. The lowest BCUT2D eigenvalue weighted by atomic mass is 10.1. The average molecular weight is 410 g/mol. The van der Waals surface area contributed by atoms with Crippen LogP contribution >= 0.6 is 11.3 Å². The number of aromatic nitrogens is 3. The number of hydrogen-bond donors (Lipinski definition) is 0. The molecule has 0 spiro atoms. The normalized spacial score (nSPS) is 21.4. The van der Waals surface area contributed by atoms with Gasteiger partial charge in [-0.2, -0.15) is 5.10 Å². The highest BCUT2D eigenvalue weighted by molar-refractivity contribution is 7.11. The Bertz CT molecular complexity index is 1110. The molecule has 0 bridgehead atoms. The van der Waals surface area contributed by atoms with Crippen LogP contribution < -0.4 is 0 Å². The summed E-state index contributed by atoms with van der Waals surface area (Å²) in [5.74, 6) is 0.0266. The van der Waals surface area contributed by atoms with Crippen molar-refractivity contribution in [1.29, 1.82) is 0 Å². The molecule has 5 rings (SSSR count). The summed E-state index contributed by atoms with van der Waals surface area (Å²) in [5.41, 5.74) is 2.43. The third-order valence-electron chi connectivity index (χ3n) is 6.21. The van der Waals surface area contributed by atoms with Gasteiger partial charge in [-0.3, -0.25) is 14.3 Å². The number of fused-ring (bicyclic) bond motifs is 2. The number of likely N-dealkylation sites (tertiary alicyclic amines) is 2. The van der Waals surface area contributed by atoms with Crippen molar-refractivity contribution in [3.8, 4) is 0 Å². The number of benzene rings is 1. The van der Waals surface area contributed by atoms with E-state index < -0.39 is 0 Å². The Morgan fingerprint density at radius 1 is 1.24 bits per heavy atom. The molecule has 0 aliphatic carbocycles. The highest BCUT2D eigenvalue weighted by atomic mass is 32.1. The molecule has 2 aliphatic heterocycles. The first kappa shape index (κ1) is 18.3. The zero-order valence-electron chi connectivity index (χ0n) is 16.8. The molecule has 2 atom stereocenters. The molecule has 2 fully saturated rings. The number of nitrogens with zero attached hydrogens (tertiary/aromatic N) is 5. The van der Waals surface area contributed by atoms with Gasteiger partial charge in [0.2, 0.25) is 5.91 Å². The molecule has 0 unspecified atom stereocenters. The summed E-state index contributed by atoms with van der Waals surface area (Å²) in [5, 5.41) is 6.31. The molecular formula is C21H23N5O2S. The van der Waals surface area contributed by atoms with Gasteiger partial charge in [-0.1, -0.05) is 18.2 Å². The van der Waals surface area contributed by atoms with Gasteiger partial charge in [-0.15, -0.1) is 11.3 Å². The summed E-state index contributed by atoms with van der Waals surface area (Å²) in [6, 6.07) is 7.74. The van der Waals surface area contributed by atoms with E-state index in [1.165, 1.54) is 4.88 Å².